The Morgan fingerprint density at radius 1 is 1.33 bits per heavy atom. The van der Waals surface area contributed by atoms with Gasteiger partial charge < -0.3 is 5.11 Å². The minimum absolute atomic E-state index is 0.0373. The first-order valence-corrected chi connectivity index (χ1v) is 5.41. The molecular formula is C12H9NOS. The molecular weight excluding hydrogens is 206 g/mol. The van der Waals surface area contributed by atoms with Crippen LogP contribution in [0.4, 0.5) is 0 Å². The molecule has 2 rings (SSSR count). The summed E-state index contributed by atoms with van der Waals surface area (Å²) >= 11 is 1.58. The predicted octanol–water partition coefficient (Wildman–Crippen LogP) is 2.78. The van der Waals surface area contributed by atoms with E-state index in [0.29, 0.717) is 5.56 Å². The van der Waals surface area contributed by atoms with E-state index in [-0.39, 0.29) is 6.61 Å². The van der Waals surface area contributed by atoms with Crippen LogP contribution in [0.3, 0.4) is 0 Å². The van der Waals surface area contributed by atoms with Crippen molar-refractivity contribution in [3.63, 3.8) is 0 Å². The molecule has 74 valence electrons. The molecule has 0 fully saturated rings. The zero-order valence-electron chi connectivity index (χ0n) is 7.97. The molecule has 1 aromatic heterocycles. The number of thiophene rings is 1. The molecule has 1 aromatic carbocycles. The first-order chi connectivity index (χ1) is 7.35. The second-order valence-corrected chi connectivity index (χ2v) is 4.04. The molecule has 0 bridgehead atoms. The number of benzene rings is 1. The Morgan fingerprint density at radius 3 is 2.93 bits per heavy atom. The monoisotopic (exact) mass is 215 g/mol. The number of nitriles is 1. The van der Waals surface area contributed by atoms with Crippen LogP contribution in [0.2, 0.25) is 0 Å². The fraction of sp³-hybridized carbons (Fsp3) is 0.0833. The van der Waals surface area contributed by atoms with Crippen molar-refractivity contribution in [2.75, 3.05) is 0 Å². The average Bonchev–Trinajstić information content (AvgIpc) is 2.77. The molecule has 0 aliphatic carbocycles. The SMILES string of the molecule is N#Cc1cccc(-c2sccc2CO)c1. The molecule has 0 atom stereocenters. The Labute approximate surface area is 92.0 Å². The van der Waals surface area contributed by atoms with Gasteiger partial charge in [-0.3, -0.25) is 0 Å². The van der Waals surface area contributed by atoms with Gasteiger partial charge in [0.15, 0.2) is 0 Å². The van der Waals surface area contributed by atoms with Gasteiger partial charge in [-0.05, 0) is 34.7 Å². The van der Waals surface area contributed by atoms with Gasteiger partial charge in [0.25, 0.3) is 0 Å². The van der Waals surface area contributed by atoms with E-state index in [9.17, 15) is 0 Å². The summed E-state index contributed by atoms with van der Waals surface area (Å²) in [4.78, 5) is 1.04. The van der Waals surface area contributed by atoms with Crippen molar-refractivity contribution in [1.29, 1.82) is 5.26 Å². The van der Waals surface area contributed by atoms with E-state index in [1.165, 1.54) is 0 Å². The highest BCUT2D eigenvalue weighted by atomic mass is 32.1. The van der Waals surface area contributed by atoms with Crippen LogP contribution in [0.5, 0.6) is 0 Å². The lowest BCUT2D eigenvalue weighted by atomic mass is 10.1. The van der Waals surface area contributed by atoms with Gasteiger partial charge in [0, 0.05) is 4.88 Å². The zero-order chi connectivity index (χ0) is 10.7. The maximum atomic E-state index is 9.14. The molecule has 1 heterocycles. The molecule has 0 aliphatic rings. The Hall–Kier alpha value is -1.63. The third-order valence-corrected chi connectivity index (χ3v) is 3.18. The highest BCUT2D eigenvalue weighted by Crippen LogP contribution is 2.29. The van der Waals surface area contributed by atoms with Gasteiger partial charge in [0.05, 0.1) is 18.2 Å². The maximum absolute atomic E-state index is 9.14. The summed E-state index contributed by atoms with van der Waals surface area (Å²) in [7, 11) is 0. The number of nitrogens with zero attached hydrogens (tertiary/aromatic N) is 1. The van der Waals surface area contributed by atoms with Gasteiger partial charge in [-0.15, -0.1) is 11.3 Å². The van der Waals surface area contributed by atoms with E-state index in [0.717, 1.165) is 16.0 Å². The molecule has 0 amide bonds. The van der Waals surface area contributed by atoms with Crippen molar-refractivity contribution in [3.8, 4) is 16.5 Å². The second kappa shape index (κ2) is 4.26. The first kappa shape index (κ1) is 9.91. The normalized spacial score (nSPS) is 9.87. The van der Waals surface area contributed by atoms with Crippen LogP contribution in [0.25, 0.3) is 10.4 Å². The first-order valence-electron chi connectivity index (χ1n) is 4.53. The number of hydrogen-bond donors (Lipinski definition) is 1. The zero-order valence-corrected chi connectivity index (χ0v) is 8.79. The van der Waals surface area contributed by atoms with Crippen molar-refractivity contribution in [3.05, 3.63) is 46.8 Å². The topological polar surface area (TPSA) is 44.0 Å². The molecule has 2 aromatic rings. The van der Waals surface area contributed by atoms with Crippen molar-refractivity contribution in [2.24, 2.45) is 0 Å². The molecule has 3 heteroatoms. The van der Waals surface area contributed by atoms with Crippen LogP contribution in [-0.2, 0) is 6.61 Å². The fourth-order valence-electron chi connectivity index (χ4n) is 1.44. The molecule has 2 nitrogen and oxygen atoms in total. The van der Waals surface area contributed by atoms with Gasteiger partial charge in [-0.1, -0.05) is 12.1 Å². The van der Waals surface area contributed by atoms with E-state index in [1.54, 1.807) is 17.4 Å². The highest BCUT2D eigenvalue weighted by Gasteiger charge is 2.06. The van der Waals surface area contributed by atoms with Gasteiger partial charge in [0.1, 0.15) is 0 Å². The van der Waals surface area contributed by atoms with Gasteiger partial charge in [0.2, 0.25) is 0 Å². The summed E-state index contributed by atoms with van der Waals surface area (Å²) in [5.74, 6) is 0. The Bertz CT molecular complexity index is 510. The highest BCUT2D eigenvalue weighted by molar-refractivity contribution is 7.13. The summed E-state index contributed by atoms with van der Waals surface area (Å²) in [6.07, 6.45) is 0. The molecule has 0 saturated carbocycles. The minimum Gasteiger partial charge on any atom is -0.392 e. The third kappa shape index (κ3) is 1.91. The predicted molar refractivity (Wildman–Crippen MR) is 60.4 cm³/mol. The van der Waals surface area contributed by atoms with E-state index < -0.39 is 0 Å². The summed E-state index contributed by atoms with van der Waals surface area (Å²) in [6, 6.07) is 11.4. The molecule has 1 N–H and O–H groups in total. The fourth-order valence-corrected chi connectivity index (χ4v) is 2.36. The summed E-state index contributed by atoms with van der Waals surface area (Å²) in [5.41, 5.74) is 2.55. The van der Waals surface area contributed by atoms with E-state index in [4.69, 9.17) is 10.4 Å². The maximum Gasteiger partial charge on any atom is 0.0991 e. The number of hydrogen-bond acceptors (Lipinski definition) is 3. The lowest BCUT2D eigenvalue weighted by Crippen LogP contribution is -1.83. The Balaban J connectivity index is 2.50. The van der Waals surface area contributed by atoms with E-state index in [2.05, 4.69) is 6.07 Å². The van der Waals surface area contributed by atoms with Gasteiger partial charge >= 0.3 is 0 Å². The standard InChI is InChI=1S/C12H9NOS/c13-7-9-2-1-3-10(6-9)12-11(8-14)4-5-15-12/h1-6,14H,8H2. The van der Waals surface area contributed by atoms with Crippen molar-refractivity contribution in [2.45, 2.75) is 6.61 Å². The number of rotatable bonds is 2. The lowest BCUT2D eigenvalue weighted by molar-refractivity contribution is 0.283. The van der Waals surface area contributed by atoms with Crippen LogP contribution in [-0.4, -0.2) is 5.11 Å². The Kier molecular flexibility index (Phi) is 2.82. The molecule has 0 spiro atoms. The van der Waals surface area contributed by atoms with Crippen LogP contribution in [0, 0.1) is 11.3 Å². The van der Waals surface area contributed by atoms with Crippen LogP contribution in [0.1, 0.15) is 11.1 Å². The lowest BCUT2D eigenvalue weighted by Gasteiger charge is -2.01. The molecule has 0 unspecified atom stereocenters. The third-order valence-electron chi connectivity index (χ3n) is 2.17. The Morgan fingerprint density at radius 2 is 2.20 bits per heavy atom. The quantitative estimate of drug-likeness (QED) is 0.837. The smallest absolute Gasteiger partial charge is 0.0991 e. The number of aliphatic hydroxyl groups is 1. The van der Waals surface area contributed by atoms with Gasteiger partial charge in [-0.2, -0.15) is 5.26 Å². The summed E-state index contributed by atoms with van der Waals surface area (Å²) < 4.78 is 0. The summed E-state index contributed by atoms with van der Waals surface area (Å²) in [5, 5.41) is 19.9. The van der Waals surface area contributed by atoms with Crippen molar-refractivity contribution < 1.29 is 5.11 Å². The largest absolute Gasteiger partial charge is 0.392 e. The van der Waals surface area contributed by atoms with Crippen molar-refractivity contribution >= 4 is 11.3 Å². The van der Waals surface area contributed by atoms with Crippen molar-refractivity contribution in [1.82, 2.24) is 0 Å². The van der Waals surface area contributed by atoms with Crippen LogP contribution >= 0.6 is 11.3 Å². The van der Waals surface area contributed by atoms with Crippen LogP contribution in [0.15, 0.2) is 35.7 Å². The molecule has 0 radical (unpaired) electrons. The van der Waals surface area contributed by atoms with E-state index in [1.807, 2.05) is 29.6 Å². The average molecular weight is 215 g/mol. The summed E-state index contributed by atoms with van der Waals surface area (Å²) in [6.45, 7) is 0.0373. The van der Waals surface area contributed by atoms with Crippen LogP contribution < -0.4 is 0 Å². The molecule has 15 heavy (non-hydrogen) atoms. The van der Waals surface area contributed by atoms with Gasteiger partial charge in [-0.25, -0.2) is 0 Å². The number of aliphatic hydroxyl groups excluding tert-OH is 1. The minimum atomic E-state index is 0.0373. The molecule has 0 saturated heterocycles. The second-order valence-electron chi connectivity index (χ2n) is 3.13. The molecule has 0 aliphatic heterocycles. The van der Waals surface area contributed by atoms with E-state index >= 15 is 0 Å².